The number of nitrogens with zero attached hydrogens (tertiary/aromatic N) is 1. The number of carbonyl (C=O) groups excluding carboxylic acids is 1. The van der Waals surface area contributed by atoms with Crippen molar-refractivity contribution in [3.05, 3.63) is 0 Å². The van der Waals surface area contributed by atoms with Crippen LogP contribution in [0.2, 0.25) is 0 Å². The van der Waals surface area contributed by atoms with E-state index >= 15 is 0 Å². The van der Waals surface area contributed by atoms with E-state index in [9.17, 15) is 9.59 Å². The molecule has 1 fully saturated rings. The quantitative estimate of drug-likeness (QED) is 0.689. The summed E-state index contributed by atoms with van der Waals surface area (Å²) in [6.45, 7) is 2.91. The van der Waals surface area contributed by atoms with E-state index in [0.717, 1.165) is 13.0 Å². The van der Waals surface area contributed by atoms with E-state index in [1.165, 1.54) is 0 Å². The van der Waals surface area contributed by atoms with E-state index in [4.69, 9.17) is 5.11 Å². The van der Waals surface area contributed by atoms with Crippen LogP contribution in [0.1, 0.15) is 26.2 Å². The van der Waals surface area contributed by atoms with Crippen molar-refractivity contribution in [3.8, 4) is 0 Å². The topological polar surface area (TPSA) is 57.6 Å². The van der Waals surface area contributed by atoms with Crippen LogP contribution in [-0.2, 0) is 9.59 Å². The lowest BCUT2D eigenvalue weighted by atomic mass is 9.98. The summed E-state index contributed by atoms with van der Waals surface area (Å²) in [7, 11) is 0. The minimum Gasteiger partial charge on any atom is -0.481 e. The predicted octanol–water partition coefficient (Wildman–Crippen LogP) is 0.720. The lowest BCUT2D eigenvalue weighted by Crippen LogP contribution is -2.41. The molecule has 4 nitrogen and oxygen atoms in total. The number of carboxylic acid groups (broad SMARTS) is 1. The largest absolute Gasteiger partial charge is 0.481 e. The molecule has 74 valence electrons. The maximum Gasteiger partial charge on any atom is 0.308 e. The van der Waals surface area contributed by atoms with Crippen LogP contribution in [0.4, 0.5) is 0 Å². The highest BCUT2D eigenvalue weighted by Gasteiger charge is 2.26. The van der Waals surface area contributed by atoms with Crippen molar-refractivity contribution in [2.45, 2.75) is 26.2 Å². The van der Waals surface area contributed by atoms with Gasteiger partial charge in [-0.1, -0.05) is 6.92 Å². The molecular formula is C9H15NO3. The van der Waals surface area contributed by atoms with E-state index in [1.54, 1.807) is 11.8 Å². The highest BCUT2D eigenvalue weighted by atomic mass is 16.4. The first kappa shape index (κ1) is 10.0. The Kier molecular flexibility index (Phi) is 3.28. The van der Waals surface area contributed by atoms with Gasteiger partial charge in [0.2, 0.25) is 5.91 Å². The first-order chi connectivity index (χ1) is 6.15. The van der Waals surface area contributed by atoms with Crippen LogP contribution < -0.4 is 0 Å². The Morgan fingerprint density at radius 2 is 2.23 bits per heavy atom. The third-order valence-electron chi connectivity index (χ3n) is 2.43. The lowest BCUT2D eigenvalue weighted by molar-refractivity contribution is -0.145. The van der Waals surface area contributed by atoms with Gasteiger partial charge in [0.05, 0.1) is 5.92 Å². The summed E-state index contributed by atoms with van der Waals surface area (Å²) in [6, 6.07) is 0. The molecule has 0 aromatic carbocycles. The zero-order chi connectivity index (χ0) is 9.84. The van der Waals surface area contributed by atoms with Gasteiger partial charge in [-0.25, -0.2) is 0 Å². The third kappa shape index (κ3) is 2.44. The Balaban J connectivity index is 2.51. The number of hydrogen-bond donors (Lipinski definition) is 1. The van der Waals surface area contributed by atoms with Crippen LogP contribution in [0.15, 0.2) is 0 Å². The van der Waals surface area contributed by atoms with E-state index < -0.39 is 5.97 Å². The van der Waals surface area contributed by atoms with Crippen LogP contribution in [0.25, 0.3) is 0 Å². The summed E-state index contributed by atoms with van der Waals surface area (Å²) in [5, 5.41) is 8.77. The molecule has 0 spiro atoms. The monoisotopic (exact) mass is 185 g/mol. The summed E-state index contributed by atoms with van der Waals surface area (Å²) in [6.07, 6.45) is 1.97. The molecule has 1 amide bonds. The average Bonchev–Trinajstić information content (AvgIpc) is 2.17. The minimum absolute atomic E-state index is 0.0611. The standard InChI is InChI=1S/C9H15NO3/c1-2-8(11)10-5-3-4-7(6-10)9(12)13/h7H,2-6H2,1H3,(H,12,13)/t7-/m1/s1. The van der Waals surface area contributed by atoms with E-state index in [0.29, 0.717) is 19.4 Å². The summed E-state index contributed by atoms with van der Waals surface area (Å²) in [5.41, 5.74) is 0. The second-order valence-corrected chi connectivity index (χ2v) is 3.37. The number of carbonyl (C=O) groups is 2. The molecular weight excluding hydrogens is 170 g/mol. The molecule has 1 atom stereocenters. The highest BCUT2D eigenvalue weighted by molar-refractivity contribution is 5.77. The van der Waals surface area contributed by atoms with Gasteiger partial charge in [0, 0.05) is 19.5 Å². The Morgan fingerprint density at radius 3 is 2.77 bits per heavy atom. The van der Waals surface area contributed by atoms with Crippen LogP contribution in [-0.4, -0.2) is 35.0 Å². The second-order valence-electron chi connectivity index (χ2n) is 3.37. The molecule has 0 aliphatic carbocycles. The van der Waals surface area contributed by atoms with Crippen molar-refractivity contribution in [2.24, 2.45) is 5.92 Å². The third-order valence-corrected chi connectivity index (χ3v) is 2.43. The molecule has 1 heterocycles. The predicted molar refractivity (Wildman–Crippen MR) is 47.2 cm³/mol. The van der Waals surface area contributed by atoms with Crippen molar-refractivity contribution < 1.29 is 14.7 Å². The fourth-order valence-corrected chi connectivity index (χ4v) is 1.63. The molecule has 0 saturated carbocycles. The Morgan fingerprint density at radius 1 is 1.54 bits per heavy atom. The van der Waals surface area contributed by atoms with Gasteiger partial charge in [-0.05, 0) is 12.8 Å². The number of aliphatic carboxylic acids is 1. The first-order valence-electron chi connectivity index (χ1n) is 4.65. The normalized spacial score (nSPS) is 22.8. The van der Waals surface area contributed by atoms with Gasteiger partial charge in [-0.2, -0.15) is 0 Å². The van der Waals surface area contributed by atoms with Crippen LogP contribution in [0.5, 0.6) is 0 Å². The molecule has 1 aliphatic rings. The van der Waals surface area contributed by atoms with Gasteiger partial charge < -0.3 is 10.0 Å². The van der Waals surface area contributed by atoms with Crippen molar-refractivity contribution >= 4 is 11.9 Å². The van der Waals surface area contributed by atoms with Gasteiger partial charge in [-0.3, -0.25) is 9.59 Å². The molecule has 1 saturated heterocycles. The molecule has 1 N–H and O–H groups in total. The Bertz CT molecular complexity index is 215. The summed E-state index contributed by atoms with van der Waals surface area (Å²) in [4.78, 5) is 23.6. The van der Waals surface area contributed by atoms with E-state index in [1.807, 2.05) is 0 Å². The summed E-state index contributed by atoms with van der Waals surface area (Å²) < 4.78 is 0. The number of rotatable bonds is 2. The second kappa shape index (κ2) is 4.25. The first-order valence-corrected chi connectivity index (χ1v) is 4.65. The molecule has 0 unspecified atom stereocenters. The molecule has 0 aromatic rings. The summed E-state index contributed by atoms with van der Waals surface area (Å²) in [5.74, 6) is -1.08. The number of carboxylic acids is 1. The smallest absolute Gasteiger partial charge is 0.308 e. The minimum atomic E-state index is -0.784. The number of hydrogen-bond acceptors (Lipinski definition) is 2. The lowest BCUT2D eigenvalue weighted by Gasteiger charge is -2.30. The van der Waals surface area contributed by atoms with Gasteiger partial charge in [-0.15, -0.1) is 0 Å². The SMILES string of the molecule is CCC(=O)N1CCC[C@@H](C(=O)O)C1. The molecule has 0 radical (unpaired) electrons. The van der Waals surface area contributed by atoms with Crippen LogP contribution in [0.3, 0.4) is 0 Å². The number of amides is 1. The number of likely N-dealkylation sites (tertiary alicyclic amines) is 1. The fourth-order valence-electron chi connectivity index (χ4n) is 1.63. The number of piperidine rings is 1. The Labute approximate surface area is 77.5 Å². The van der Waals surface area contributed by atoms with Crippen molar-refractivity contribution in [1.82, 2.24) is 4.90 Å². The van der Waals surface area contributed by atoms with Gasteiger partial charge in [0.25, 0.3) is 0 Å². The zero-order valence-corrected chi connectivity index (χ0v) is 7.82. The Hall–Kier alpha value is -1.06. The van der Waals surface area contributed by atoms with Crippen LogP contribution in [0, 0.1) is 5.92 Å². The summed E-state index contributed by atoms with van der Waals surface area (Å²) >= 11 is 0. The van der Waals surface area contributed by atoms with Crippen molar-refractivity contribution in [2.75, 3.05) is 13.1 Å². The molecule has 0 bridgehead atoms. The van der Waals surface area contributed by atoms with E-state index in [-0.39, 0.29) is 11.8 Å². The fraction of sp³-hybridized carbons (Fsp3) is 0.778. The van der Waals surface area contributed by atoms with Crippen molar-refractivity contribution in [1.29, 1.82) is 0 Å². The molecule has 4 heteroatoms. The van der Waals surface area contributed by atoms with E-state index in [2.05, 4.69) is 0 Å². The van der Waals surface area contributed by atoms with Crippen molar-refractivity contribution in [3.63, 3.8) is 0 Å². The molecule has 0 aromatic heterocycles. The maximum absolute atomic E-state index is 11.3. The molecule has 13 heavy (non-hydrogen) atoms. The zero-order valence-electron chi connectivity index (χ0n) is 7.82. The van der Waals surface area contributed by atoms with Gasteiger partial charge >= 0.3 is 5.97 Å². The average molecular weight is 185 g/mol. The van der Waals surface area contributed by atoms with Crippen LogP contribution >= 0.6 is 0 Å². The highest BCUT2D eigenvalue weighted by Crippen LogP contribution is 2.16. The van der Waals surface area contributed by atoms with Gasteiger partial charge in [0.15, 0.2) is 0 Å². The van der Waals surface area contributed by atoms with Gasteiger partial charge in [0.1, 0.15) is 0 Å². The molecule has 1 aliphatic heterocycles. The molecule has 1 rings (SSSR count). The maximum atomic E-state index is 11.3.